The van der Waals surface area contributed by atoms with Gasteiger partial charge in [-0.05, 0) is 120 Å². The van der Waals surface area contributed by atoms with Crippen molar-refractivity contribution >= 4 is 31.4 Å². The van der Waals surface area contributed by atoms with E-state index in [4.69, 9.17) is 9.47 Å². The van der Waals surface area contributed by atoms with Crippen molar-refractivity contribution in [3.8, 4) is 0 Å². The van der Waals surface area contributed by atoms with Gasteiger partial charge in [-0.1, -0.05) is 157 Å². The Morgan fingerprint density at radius 3 is 1.70 bits per heavy atom. The van der Waals surface area contributed by atoms with Crippen LogP contribution in [0.1, 0.15) is 66.8 Å². The molecule has 332 valence electrons. The molecule has 10 heteroatoms. The van der Waals surface area contributed by atoms with Crippen molar-refractivity contribution in [2.75, 3.05) is 16.6 Å². The topological polar surface area (TPSA) is 111 Å². The maximum Gasteiger partial charge on any atom is 0.261 e. The normalized spacial score (nSPS) is 15.7. The highest BCUT2D eigenvalue weighted by Gasteiger charge is 2.46. The Morgan fingerprint density at radius 1 is 0.545 bits per heavy atom. The van der Waals surface area contributed by atoms with Gasteiger partial charge in [0.2, 0.25) is 0 Å². The van der Waals surface area contributed by atoms with Gasteiger partial charge in [0.1, 0.15) is 11.2 Å². The standard InChI is InChI=1S/C56H50N2O6S2/c1-39-23-29-47(30-24-39)65(59,60)57-53-33-27-42(36-51(53)55(63-4,45-17-7-5-8-18-45)49-21-13-11-15-41(49)3)35-43-28-34-54(58-66(61,62)48-31-25-40(2)26-32-48)52(37-43)56(46-19-9-6-10-20-46)50-22-14-12-16-44(50)38-64-56/h5-34,36-37,57-58H,35,38H2,1-4H3. The van der Waals surface area contributed by atoms with E-state index in [1.54, 1.807) is 61.7 Å². The third-order valence-electron chi connectivity index (χ3n) is 12.5. The largest absolute Gasteiger partial charge is 0.364 e. The van der Waals surface area contributed by atoms with Gasteiger partial charge in [-0.25, -0.2) is 16.8 Å². The van der Waals surface area contributed by atoms with Crippen molar-refractivity contribution < 1.29 is 26.3 Å². The number of ether oxygens (including phenoxy) is 2. The van der Waals surface area contributed by atoms with E-state index in [0.29, 0.717) is 35.5 Å². The van der Waals surface area contributed by atoms with Crippen LogP contribution in [0.2, 0.25) is 0 Å². The molecule has 0 aromatic heterocycles. The molecule has 8 nitrogen and oxygen atoms in total. The van der Waals surface area contributed by atoms with E-state index < -0.39 is 31.2 Å². The minimum absolute atomic E-state index is 0.135. The van der Waals surface area contributed by atoms with Gasteiger partial charge in [0.25, 0.3) is 20.0 Å². The Balaban J connectivity index is 1.24. The Morgan fingerprint density at radius 2 is 1.08 bits per heavy atom. The first kappa shape index (κ1) is 44.4. The highest BCUT2D eigenvalue weighted by molar-refractivity contribution is 7.93. The zero-order chi connectivity index (χ0) is 46.1. The summed E-state index contributed by atoms with van der Waals surface area (Å²) in [7, 11) is -6.45. The lowest BCUT2D eigenvalue weighted by Gasteiger charge is -2.37. The summed E-state index contributed by atoms with van der Waals surface area (Å²) in [4.78, 5) is 0.277. The number of anilines is 2. The number of sulfonamides is 2. The second-order valence-corrected chi connectivity index (χ2v) is 20.2. The Bertz CT molecular complexity index is 3270. The fraction of sp³-hybridized carbons (Fsp3) is 0.143. The fourth-order valence-electron chi connectivity index (χ4n) is 9.22. The van der Waals surface area contributed by atoms with Crippen molar-refractivity contribution in [3.05, 3.63) is 261 Å². The Hall–Kier alpha value is -6.82. The summed E-state index contributed by atoms with van der Waals surface area (Å²) in [5.41, 5.74) is 8.51. The smallest absolute Gasteiger partial charge is 0.261 e. The van der Waals surface area contributed by atoms with Gasteiger partial charge in [-0.15, -0.1) is 0 Å². The quantitative estimate of drug-likeness (QED) is 0.105. The van der Waals surface area contributed by atoms with Crippen LogP contribution in [0.5, 0.6) is 0 Å². The number of methoxy groups -OCH3 is 1. The predicted octanol–water partition coefficient (Wildman–Crippen LogP) is 11.6. The molecule has 0 saturated heterocycles. The summed E-state index contributed by atoms with van der Waals surface area (Å²) in [6.07, 6.45) is 0.380. The van der Waals surface area contributed by atoms with Crippen LogP contribution in [-0.4, -0.2) is 23.9 Å². The molecule has 0 fully saturated rings. The molecule has 0 saturated carbocycles. The highest BCUT2D eigenvalue weighted by atomic mass is 32.2. The summed E-state index contributed by atoms with van der Waals surface area (Å²) in [5.74, 6) is 0. The monoisotopic (exact) mass is 910 g/mol. The average Bonchev–Trinajstić information content (AvgIpc) is 3.72. The van der Waals surface area contributed by atoms with E-state index in [-0.39, 0.29) is 9.79 Å². The van der Waals surface area contributed by atoms with Gasteiger partial charge in [0, 0.05) is 18.2 Å². The van der Waals surface area contributed by atoms with Gasteiger partial charge in [-0.2, -0.15) is 0 Å². The molecule has 2 unspecified atom stereocenters. The van der Waals surface area contributed by atoms with E-state index >= 15 is 0 Å². The van der Waals surface area contributed by atoms with E-state index in [1.165, 1.54) is 0 Å². The average molecular weight is 911 g/mol. The lowest BCUT2D eigenvalue weighted by atomic mass is 9.76. The maximum absolute atomic E-state index is 14.2. The first-order valence-electron chi connectivity index (χ1n) is 21.7. The fourth-order valence-corrected chi connectivity index (χ4v) is 11.4. The molecule has 0 amide bonds. The van der Waals surface area contributed by atoms with Crippen LogP contribution >= 0.6 is 0 Å². The van der Waals surface area contributed by atoms with E-state index in [9.17, 15) is 16.8 Å². The van der Waals surface area contributed by atoms with Crippen molar-refractivity contribution in [1.29, 1.82) is 0 Å². The maximum atomic E-state index is 14.2. The van der Waals surface area contributed by atoms with Gasteiger partial charge in [0.05, 0.1) is 27.8 Å². The number of hydrogen-bond donors (Lipinski definition) is 2. The number of rotatable bonds is 14. The highest BCUT2D eigenvalue weighted by Crippen LogP contribution is 2.50. The number of aryl methyl sites for hydroxylation is 3. The molecular formula is C56H50N2O6S2. The number of hydrogen-bond acceptors (Lipinski definition) is 6. The Labute approximate surface area is 388 Å². The van der Waals surface area contributed by atoms with Crippen molar-refractivity contribution in [3.63, 3.8) is 0 Å². The van der Waals surface area contributed by atoms with E-state index in [1.807, 2.05) is 160 Å². The summed E-state index contributed by atoms with van der Waals surface area (Å²) >= 11 is 0. The predicted molar refractivity (Wildman–Crippen MR) is 262 cm³/mol. The molecule has 0 aliphatic carbocycles. The third kappa shape index (κ3) is 8.22. The molecule has 2 N–H and O–H groups in total. The molecule has 1 aliphatic rings. The minimum atomic E-state index is -4.06. The molecule has 1 heterocycles. The Kier molecular flexibility index (Phi) is 12.0. The number of fused-ring (bicyclic) bond motifs is 1. The summed E-state index contributed by atoms with van der Waals surface area (Å²) < 4.78 is 76.4. The lowest BCUT2D eigenvalue weighted by molar-refractivity contribution is 0.0272. The van der Waals surface area contributed by atoms with Gasteiger partial charge >= 0.3 is 0 Å². The van der Waals surface area contributed by atoms with Crippen LogP contribution in [0.4, 0.5) is 11.4 Å². The first-order valence-corrected chi connectivity index (χ1v) is 24.7. The number of nitrogens with one attached hydrogen (secondary N) is 2. The number of benzene rings is 8. The zero-order valence-electron chi connectivity index (χ0n) is 37.2. The van der Waals surface area contributed by atoms with Crippen LogP contribution in [0.25, 0.3) is 0 Å². The molecule has 1 aliphatic heterocycles. The summed E-state index contributed by atoms with van der Waals surface area (Å²) in [5, 5.41) is 0. The third-order valence-corrected chi connectivity index (χ3v) is 15.3. The molecule has 0 spiro atoms. The van der Waals surface area contributed by atoms with Crippen LogP contribution in [0, 0.1) is 20.8 Å². The molecule has 9 rings (SSSR count). The van der Waals surface area contributed by atoms with Crippen molar-refractivity contribution in [2.45, 2.75) is 54.8 Å². The minimum Gasteiger partial charge on any atom is -0.364 e. The second-order valence-electron chi connectivity index (χ2n) is 16.8. The molecule has 0 radical (unpaired) electrons. The zero-order valence-corrected chi connectivity index (χ0v) is 38.8. The molecule has 66 heavy (non-hydrogen) atoms. The molecular weight excluding hydrogens is 861 g/mol. The van der Waals surface area contributed by atoms with Crippen LogP contribution in [0.3, 0.4) is 0 Å². The van der Waals surface area contributed by atoms with Crippen molar-refractivity contribution in [2.24, 2.45) is 0 Å². The van der Waals surface area contributed by atoms with Crippen LogP contribution < -0.4 is 9.44 Å². The second kappa shape index (κ2) is 17.9. The summed E-state index contributed by atoms with van der Waals surface area (Å²) in [6.45, 7) is 6.17. The summed E-state index contributed by atoms with van der Waals surface area (Å²) in [6, 6.07) is 60.7. The lowest BCUT2D eigenvalue weighted by Crippen LogP contribution is -2.34. The van der Waals surface area contributed by atoms with Crippen LogP contribution in [-0.2, 0) is 53.8 Å². The van der Waals surface area contributed by atoms with Gasteiger partial charge in [-0.3, -0.25) is 9.44 Å². The molecule has 8 aromatic rings. The molecule has 0 bridgehead atoms. The SMILES string of the molecule is COC(c1ccccc1)(c1ccccc1C)c1cc(Cc2ccc(NS(=O)(=O)c3ccc(C)cc3)c(C3(c4ccccc4)OCc4ccccc43)c2)ccc1NS(=O)(=O)c1ccc(C)cc1. The van der Waals surface area contributed by atoms with Gasteiger partial charge in [0.15, 0.2) is 0 Å². The van der Waals surface area contributed by atoms with Crippen molar-refractivity contribution in [1.82, 2.24) is 0 Å². The van der Waals surface area contributed by atoms with E-state index in [0.717, 1.165) is 55.6 Å². The van der Waals surface area contributed by atoms with Crippen LogP contribution in [0.15, 0.2) is 204 Å². The van der Waals surface area contributed by atoms with E-state index in [2.05, 4.69) is 9.44 Å². The first-order chi connectivity index (χ1) is 31.8. The molecule has 2 atom stereocenters. The molecule has 8 aromatic carbocycles. The van der Waals surface area contributed by atoms with Gasteiger partial charge < -0.3 is 9.47 Å².